The Bertz CT molecular complexity index is 1100. The molecule has 2 aromatic rings. The summed E-state index contributed by atoms with van der Waals surface area (Å²) in [7, 11) is 0. The molecule has 1 fully saturated rings. The van der Waals surface area contributed by atoms with Crippen molar-refractivity contribution in [2.45, 2.75) is 33.4 Å². The normalized spacial score (nSPS) is 15.0. The molecule has 3 rings (SSSR count). The number of hydrogen-bond donors (Lipinski definition) is 0. The van der Waals surface area contributed by atoms with Crippen molar-refractivity contribution in [1.29, 1.82) is 0 Å². The van der Waals surface area contributed by atoms with Gasteiger partial charge in [0.05, 0.1) is 20.9 Å². The molecular weight excluding hydrogens is 500 g/mol. The summed E-state index contributed by atoms with van der Waals surface area (Å²) in [5.41, 5.74) is 1.29. The number of halogens is 1. The van der Waals surface area contributed by atoms with Crippen molar-refractivity contribution in [2.75, 3.05) is 6.61 Å². The Morgan fingerprint density at radius 3 is 2.59 bits per heavy atom. The second-order valence-corrected chi connectivity index (χ2v) is 8.97. The first kappa shape index (κ1) is 23.8. The number of carbonyl (C=O) groups excluding carboxylic acids is 2. The topological polar surface area (TPSA) is 99.0 Å². The Balaban J connectivity index is 1.87. The van der Waals surface area contributed by atoms with Crippen LogP contribution in [0.4, 0.5) is 10.5 Å². The van der Waals surface area contributed by atoms with Crippen molar-refractivity contribution in [3.63, 3.8) is 0 Å². The Morgan fingerprint density at radius 1 is 1.22 bits per heavy atom. The number of benzene rings is 2. The second kappa shape index (κ2) is 10.2. The molecule has 1 aliphatic rings. The van der Waals surface area contributed by atoms with E-state index in [2.05, 4.69) is 15.9 Å². The number of amides is 2. The number of rotatable bonds is 8. The van der Waals surface area contributed by atoms with E-state index in [1.165, 1.54) is 17.0 Å². The first-order valence-electron chi connectivity index (χ1n) is 9.80. The first-order valence-corrected chi connectivity index (χ1v) is 11.4. The average Bonchev–Trinajstić information content (AvgIpc) is 3.00. The summed E-state index contributed by atoms with van der Waals surface area (Å²) in [6.07, 6.45) is 1.64. The van der Waals surface area contributed by atoms with Gasteiger partial charge >= 0.3 is 0 Å². The lowest BCUT2D eigenvalue weighted by molar-refractivity contribution is -0.384. The number of nitro benzene ring substituents is 1. The highest BCUT2D eigenvalue weighted by molar-refractivity contribution is 9.10. The van der Waals surface area contributed by atoms with Gasteiger partial charge in [-0.15, -0.1) is 0 Å². The van der Waals surface area contributed by atoms with E-state index in [0.717, 1.165) is 11.8 Å². The summed E-state index contributed by atoms with van der Waals surface area (Å²) in [5, 5.41) is 10.7. The molecule has 1 aliphatic heterocycles. The van der Waals surface area contributed by atoms with Gasteiger partial charge in [-0.05, 0) is 77.8 Å². The molecule has 0 saturated carbocycles. The molecule has 0 unspecified atom stereocenters. The third kappa shape index (κ3) is 5.31. The third-order valence-electron chi connectivity index (χ3n) is 4.47. The monoisotopic (exact) mass is 520 g/mol. The fraction of sp³-hybridized carbons (Fsp3) is 0.273. The van der Waals surface area contributed by atoms with Gasteiger partial charge in [0, 0.05) is 18.2 Å². The fourth-order valence-electron chi connectivity index (χ4n) is 3.07. The standard InChI is InChI=1S/C22H21BrN2O6S/c1-4-30-18-10-15(11-19-21(26)24(13(2)3)22(27)32-19)9-17(23)20(18)31-12-14-6-5-7-16(8-14)25(28)29/h5-11,13H,4,12H2,1-3H3/b19-11+. The lowest BCUT2D eigenvalue weighted by atomic mass is 10.1. The Kier molecular flexibility index (Phi) is 7.57. The van der Waals surface area contributed by atoms with Crippen LogP contribution in [0.3, 0.4) is 0 Å². The van der Waals surface area contributed by atoms with Gasteiger partial charge in [0.1, 0.15) is 6.61 Å². The van der Waals surface area contributed by atoms with Crippen LogP contribution in [-0.2, 0) is 11.4 Å². The number of nitro groups is 1. The van der Waals surface area contributed by atoms with E-state index in [4.69, 9.17) is 9.47 Å². The summed E-state index contributed by atoms with van der Waals surface area (Å²) in [6, 6.07) is 9.47. The molecule has 0 spiro atoms. The molecular formula is C22H21BrN2O6S. The molecule has 1 heterocycles. The first-order chi connectivity index (χ1) is 15.2. The quantitative estimate of drug-likeness (QED) is 0.247. The van der Waals surface area contributed by atoms with E-state index >= 15 is 0 Å². The minimum absolute atomic E-state index is 0.0131. The maximum atomic E-state index is 12.6. The smallest absolute Gasteiger partial charge is 0.293 e. The van der Waals surface area contributed by atoms with Gasteiger partial charge in [-0.25, -0.2) is 0 Å². The Labute approximate surface area is 197 Å². The molecule has 0 N–H and O–H groups in total. The number of carbonyl (C=O) groups is 2. The molecule has 1 saturated heterocycles. The highest BCUT2D eigenvalue weighted by Gasteiger charge is 2.36. The van der Waals surface area contributed by atoms with E-state index in [9.17, 15) is 19.7 Å². The van der Waals surface area contributed by atoms with Crippen LogP contribution < -0.4 is 9.47 Å². The zero-order valence-corrected chi connectivity index (χ0v) is 20.1. The van der Waals surface area contributed by atoms with Crippen LogP contribution in [-0.4, -0.2) is 33.6 Å². The number of non-ortho nitro benzene ring substituents is 1. The van der Waals surface area contributed by atoms with Gasteiger partial charge in [0.15, 0.2) is 11.5 Å². The second-order valence-electron chi connectivity index (χ2n) is 7.12. The van der Waals surface area contributed by atoms with Crippen molar-refractivity contribution < 1.29 is 24.0 Å². The molecule has 168 valence electrons. The highest BCUT2D eigenvalue weighted by atomic mass is 79.9. The Morgan fingerprint density at radius 2 is 1.97 bits per heavy atom. The van der Waals surface area contributed by atoms with E-state index in [-0.39, 0.29) is 29.5 Å². The fourth-order valence-corrected chi connectivity index (χ4v) is 4.60. The summed E-state index contributed by atoms with van der Waals surface area (Å²) in [5.74, 6) is 0.558. The largest absolute Gasteiger partial charge is 0.490 e. The predicted octanol–water partition coefficient (Wildman–Crippen LogP) is 5.78. The van der Waals surface area contributed by atoms with E-state index in [0.29, 0.717) is 38.6 Å². The minimum atomic E-state index is -0.458. The van der Waals surface area contributed by atoms with Gasteiger partial charge in [-0.3, -0.25) is 24.6 Å². The molecule has 0 bridgehead atoms. The van der Waals surface area contributed by atoms with Crippen molar-refractivity contribution in [3.8, 4) is 11.5 Å². The summed E-state index contributed by atoms with van der Waals surface area (Å²) < 4.78 is 12.2. The molecule has 8 nitrogen and oxygen atoms in total. The molecule has 0 aromatic heterocycles. The van der Waals surface area contributed by atoms with Gasteiger partial charge in [0.2, 0.25) is 0 Å². The van der Waals surface area contributed by atoms with Crippen LogP contribution in [0.25, 0.3) is 6.08 Å². The number of thioether (sulfide) groups is 1. The van der Waals surface area contributed by atoms with Crippen molar-refractivity contribution >= 4 is 50.6 Å². The average molecular weight is 521 g/mol. The zero-order valence-electron chi connectivity index (χ0n) is 17.7. The van der Waals surface area contributed by atoms with E-state index < -0.39 is 4.92 Å². The molecule has 2 aromatic carbocycles. The predicted molar refractivity (Wildman–Crippen MR) is 126 cm³/mol. The van der Waals surface area contributed by atoms with Crippen LogP contribution in [0.5, 0.6) is 11.5 Å². The van der Waals surface area contributed by atoms with E-state index in [1.54, 1.807) is 44.2 Å². The maximum Gasteiger partial charge on any atom is 0.293 e. The van der Waals surface area contributed by atoms with Crippen LogP contribution >= 0.6 is 27.7 Å². The lowest BCUT2D eigenvalue weighted by Gasteiger charge is -2.16. The number of ether oxygens (including phenoxy) is 2. The van der Waals surface area contributed by atoms with Crippen molar-refractivity contribution in [1.82, 2.24) is 4.90 Å². The molecule has 2 amide bonds. The minimum Gasteiger partial charge on any atom is -0.490 e. The SMILES string of the molecule is CCOc1cc(/C=C2/SC(=O)N(C(C)C)C2=O)cc(Br)c1OCc1cccc([N+](=O)[O-])c1. The summed E-state index contributed by atoms with van der Waals surface area (Å²) in [6.45, 7) is 5.89. The zero-order chi connectivity index (χ0) is 23.4. The van der Waals surface area contributed by atoms with Gasteiger partial charge < -0.3 is 9.47 Å². The lowest BCUT2D eigenvalue weighted by Crippen LogP contribution is -2.34. The van der Waals surface area contributed by atoms with Gasteiger partial charge in [-0.2, -0.15) is 0 Å². The van der Waals surface area contributed by atoms with Crippen LogP contribution in [0.15, 0.2) is 45.8 Å². The summed E-state index contributed by atoms with van der Waals surface area (Å²) in [4.78, 5) is 36.8. The van der Waals surface area contributed by atoms with Crippen molar-refractivity contribution in [2.24, 2.45) is 0 Å². The molecule has 32 heavy (non-hydrogen) atoms. The number of hydrogen-bond acceptors (Lipinski definition) is 7. The van der Waals surface area contributed by atoms with Crippen LogP contribution in [0.1, 0.15) is 31.9 Å². The highest BCUT2D eigenvalue weighted by Crippen LogP contribution is 2.40. The van der Waals surface area contributed by atoms with Crippen LogP contribution in [0, 0.1) is 10.1 Å². The van der Waals surface area contributed by atoms with E-state index in [1.807, 2.05) is 6.92 Å². The molecule has 0 aliphatic carbocycles. The molecule has 0 atom stereocenters. The Hall–Kier alpha value is -2.85. The van der Waals surface area contributed by atoms with Gasteiger partial charge in [-0.1, -0.05) is 12.1 Å². The van der Waals surface area contributed by atoms with Crippen LogP contribution in [0.2, 0.25) is 0 Å². The molecule has 10 heteroatoms. The van der Waals surface area contributed by atoms with Gasteiger partial charge in [0.25, 0.3) is 16.8 Å². The number of nitrogens with zero attached hydrogens (tertiary/aromatic N) is 2. The van der Waals surface area contributed by atoms with Crippen molar-refractivity contribution in [3.05, 3.63) is 67.0 Å². The number of imide groups is 1. The third-order valence-corrected chi connectivity index (χ3v) is 5.95. The maximum absolute atomic E-state index is 12.6. The molecule has 0 radical (unpaired) electrons. The summed E-state index contributed by atoms with van der Waals surface area (Å²) >= 11 is 4.38.